The van der Waals surface area contributed by atoms with E-state index in [0.717, 1.165) is 21.2 Å². The van der Waals surface area contributed by atoms with Crippen LogP contribution in [0.4, 0.5) is 0 Å². The first-order valence-corrected chi connectivity index (χ1v) is 5.80. The molecule has 0 aromatic carbocycles. The van der Waals surface area contributed by atoms with Crippen LogP contribution in [-0.4, -0.2) is 27.1 Å². The van der Waals surface area contributed by atoms with Crippen LogP contribution in [-0.2, 0) is 0 Å². The van der Waals surface area contributed by atoms with Crippen molar-refractivity contribution < 1.29 is 4.74 Å². The first-order chi connectivity index (χ1) is 7.56. The molecule has 6 heteroatoms. The lowest BCUT2D eigenvalue weighted by molar-refractivity contribution is 0.397. The lowest BCUT2D eigenvalue weighted by Gasteiger charge is -2.05. The SMILES string of the molecule is COc1nnc(C)c2nn(C(C)C)c(Br)c12. The Balaban J connectivity index is 2.84. The van der Waals surface area contributed by atoms with E-state index in [0.29, 0.717) is 5.88 Å². The maximum absolute atomic E-state index is 5.20. The molecular formula is C10H13BrN4O. The lowest BCUT2D eigenvalue weighted by atomic mass is 10.3. The van der Waals surface area contributed by atoms with Gasteiger partial charge in [-0.2, -0.15) is 5.10 Å². The van der Waals surface area contributed by atoms with Crippen LogP contribution in [0.15, 0.2) is 4.60 Å². The summed E-state index contributed by atoms with van der Waals surface area (Å²) in [6.07, 6.45) is 0. The molecule has 2 aromatic heterocycles. The summed E-state index contributed by atoms with van der Waals surface area (Å²) in [6.45, 7) is 6.03. The average Bonchev–Trinajstić information content (AvgIpc) is 2.59. The van der Waals surface area contributed by atoms with Gasteiger partial charge in [0.15, 0.2) is 0 Å². The van der Waals surface area contributed by atoms with Gasteiger partial charge in [-0.25, -0.2) is 0 Å². The van der Waals surface area contributed by atoms with Crippen molar-refractivity contribution in [2.75, 3.05) is 7.11 Å². The molecule has 0 bridgehead atoms. The molecule has 0 fully saturated rings. The van der Waals surface area contributed by atoms with Gasteiger partial charge in [-0.05, 0) is 36.7 Å². The van der Waals surface area contributed by atoms with Crippen molar-refractivity contribution >= 4 is 26.8 Å². The summed E-state index contributed by atoms with van der Waals surface area (Å²) in [7, 11) is 1.58. The first kappa shape index (κ1) is 11.3. The molecule has 0 aliphatic rings. The van der Waals surface area contributed by atoms with Gasteiger partial charge in [-0.1, -0.05) is 0 Å². The Hall–Kier alpha value is -1.17. The van der Waals surface area contributed by atoms with E-state index in [1.165, 1.54) is 0 Å². The fourth-order valence-electron chi connectivity index (χ4n) is 1.56. The van der Waals surface area contributed by atoms with Gasteiger partial charge in [-0.3, -0.25) is 4.68 Å². The molecule has 2 aromatic rings. The number of aromatic nitrogens is 4. The van der Waals surface area contributed by atoms with Crippen LogP contribution in [0.3, 0.4) is 0 Å². The van der Waals surface area contributed by atoms with Gasteiger partial charge in [0.25, 0.3) is 0 Å². The second kappa shape index (κ2) is 4.01. The Kier molecular flexibility index (Phi) is 2.84. The third-order valence-corrected chi connectivity index (χ3v) is 3.14. The summed E-state index contributed by atoms with van der Waals surface area (Å²) >= 11 is 3.53. The van der Waals surface area contributed by atoms with E-state index in [4.69, 9.17) is 4.74 Å². The molecule has 0 N–H and O–H groups in total. The molecule has 0 saturated heterocycles. The summed E-state index contributed by atoms with van der Waals surface area (Å²) in [5.74, 6) is 0.499. The smallest absolute Gasteiger partial charge is 0.245 e. The molecule has 0 aliphatic heterocycles. The van der Waals surface area contributed by atoms with Crippen molar-refractivity contribution in [3.8, 4) is 5.88 Å². The highest BCUT2D eigenvalue weighted by molar-refractivity contribution is 9.10. The van der Waals surface area contributed by atoms with Crippen LogP contribution >= 0.6 is 15.9 Å². The zero-order valence-corrected chi connectivity index (χ0v) is 11.2. The number of ether oxygens (including phenoxy) is 1. The summed E-state index contributed by atoms with van der Waals surface area (Å²) in [5, 5.41) is 13.4. The molecule has 16 heavy (non-hydrogen) atoms. The van der Waals surface area contributed by atoms with Crippen LogP contribution in [0, 0.1) is 6.92 Å². The second-order valence-corrected chi connectivity index (χ2v) is 4.60. The topological polar surface area (TPSA) is 52.8 Å². The van der Waals surface area contributed by atoms with Crippen LogP contribution < -0.4 is 4.74 Å². The number of halogens is 1. The van der Waals surface area contributed by atoms with Crippen LogP contribution in [0.25, 0.3) is 10.9 Å². The molecule has 5 nitrogen and oxygen atoms in total. The van der Waals surface area contributed by atoms with Crippen molar-refractivity contribution in [3.63, 3.8) is 0 Å². The summed E-state index contributed by atoms with van der Waals surface area (Å²) in [5.41, 5.74) is 1.63. The van der Waals surface area contributed by atoms with Gasteiger partial charge >= 0.3 is 0 Å². The van der Waals surface area contributed by atoms with Crippen molar-refractivity contribution in [1.29, 1.82) is 0 Å². The van der Waals surface area contributed by atoms with Gasteiger partial charge in [0.05, 0.1) is 12.8 Å². The zero-order chi connectivity index (χ0) is 11.9. The second-order valence-electron chi connectivity index (χ2n) is 3.85. The highest BCUT2D eigenvalue weighted by Crippen LogP contribution is 2.32. The van der Waals surface area contributed by atoms with Crippen LogP contribution in [0.1, 0.15) is 25.6 Å². The number of rotatable bonds is 2. The maximum atomic E-state index is 5.20. The third kappa shape index (κ3) is 1.57. The van der Waals surface area contributed by atoms with Crippen LogP contribution in [0.5, 0.6) is 5.88 Å². The molecule has 0 radical (unpaired) electrons. The Morgan fingerprint density at radius 3 is 2.56 bits per heavy atom. The quantitative estimate of drug-likeness (QED) is 0.850. The fourth-order valence-corrected chi connectivity index (χ4v) is 2.41. The first-order valence-electron chi connectivity index (χ1n) is 5.01. The maximum Gasteiger partial charge on any atom is 0.245 e. The number of hydrogen-bond acceptors (Lipinski definition) is 4. The molecule has 0 amide bonds. The molecule has 2 rings (SSSR count). The molecule has 0 spiro atoms. The number of fused-ring (bicyclic) bond motifs is 1. The largest absolute Gasteiger partial charge is 0.479 e. The minimum Gasteiger partial charge on any atom is -0.479 e. The summed E-state index contributed by atoms with van der Waals surface area (Å²) in [4.78, 5) is 0. The third-order valence-electron chi connectivity index (χ3n) is 2.38. The number of nitrogens with zero attached hydrogens (tertiary/aromatic N) is 4. The Morgan fingerprint density at radius 1 is 1.31 bits per heavy atom. The van der Waals surface area contributed by atoms with Gasteiger partial charge in [-0.15, -0.1) is 10.2 Å². The number of methoxy groups -OCH3 is 1. The Labute approximate surface area is 102 Å². The highest BCUT2D eigenvalue weighted by atomic mass is 79.9. The van der Waals surface area contributed by atoms with Crippen molar-refractivity contribution in [1.82, 2.24) is 20.0 Å². The molecule has 0 atom stereocenters. The van der Waals surface area contributed by atoms with E-state index in [1.54, 1.807) is 7.11 Å². The predicted molar refractivity (Wildman–Crippen MR) is 64.7 cm³/mol. The van der Waals surface area contributed by atoms with E-state index in [-0.39, 0.29) is 6.04 Å². The van der Waals surface area contributed by atoms with Gasteiger partial charge in [0, 0.05) is 6.04 Å². The standard InChI is InChI=1S/C10H13BrN4O/c1-5(2)15-9(11)7-8(14-15)6(3)12-13-10(7)16-4/h5H,1-4H3. The minimum absolute atomic E-state index is 0.269. The normalized spacial score (nSPS) is 11.4. The molecule has 0 aliphatic carbocycles. The van der Waals surface area contributed by atoms with Gasteiger partial charge in [0.1, 0.15) is 15.5 Å². The molecular weight excluding hydrogens is 272 g/mol. The van der Waals surface area contributed by atoms with Crippen molar-refractivity contribution in [3.05, 3.63) is 10.3 Å². The zero-order valence-electron chi connectivity index (χ0n) is 9.65. The van der Waals surface area contributed by atoms with E-state index < -0.39 is 0 Å². The molecule has 0 saturated carbocycles. The summed E-state index contributed by atoms with van der Waals surface area (Å²) < 4.78 is 7.97. The van der Waals surface area contributed by atoms with E-state index in [1.807, 2.05) is 11.6 Å². The molecule has 0 unspecified atom stereocenters. The number of hydrogen-bond donors (Lipinski definition) is 0. The number of aryl methyl sites for hydroxylation is 1. The molecule has 2 heterocycles. The van der Waals surface area contributed by atoms with Gasteiger partial charge in [0.2, 0.25) is 5.88 Å². The van der Waals surface area contributed by atoms with E-state index in [9.17, 15) is 0 Å². The van der Waals surface area contributed by atoms with Crippen molar-refractivity contribution in [2.24, 2.45) is 0 Å². The van der Waals surface area contributed by atoms with Gasteiger partial charge < -0.3 is 4.74 Å². The Bertz CT molecular complexity index is 535. The monoisotopic (exact) mass is 284 g/mol. The Morgan fingerprint density at radius 2 is 2.00 bits per heavy atom. The fraction of sp³-hybridized carbons (Fsp3) is 0.500. The van der Waals surface area contributed by atoms with E-state index >= 15 is 0 Å². The predicted octanol–water partition coefficient (Wildman–Crippen LogP) is 2.49. The van der Waals surface area contributed by atoms with Crippen LogP contribution in [0.2, 0.25) is 0 Å². The molecule has 86 valence electrons. The average molecular weight is 285 g/mol. The van der Waals surface area contributed by atoms with E-state index in [2.05, 4.69) is 45.1 Å². The summed E-state index contributed by atoms with van der Waals surface area (Å²) in [6, 6.07) is 0.269. The minimum atomic E-state index is 0.269. The lowest BCUT2D eigenvalue weighted by Crippen LogP contribution is -2.02. The van der Waals surface area contributed by atoms with Crippen molar-refractivity contribution in [2.45, 2.75) is 26.8 Å². The highest BCUT2D eigenvalue weighted by Gasteiger charge is 2.18.